The van der Waals surface area contributed by atoms with E-state index in [9.17, 15) is 0 Å². The number of hydrogen-bond donors (Lipinski definition) is 1. The van der Waals surface area contributed by atoms with Gasteiger partial charge in [-0.15, -0.1) is 0 Å². The molecule has 3 heteroatoms. The van der Waals surface area contributed by atoms with E-state index in [0.29, 0.717) is 24.4 Å². The molecule has 0 aromatic carbocycles. The maximum Gasteiger partial charge on any atom is 0.0950 e. The van der Waals surface area contributed by atoms with Crippen molar-refractivity contribution in [2.75, 3.05) is 6.54 Å². The van der Waals surface area contributed by atoms with Crippen LogP contribution in [0.1, 0.15) is 65.1 Å². The highest BCUT2D eigenvalue weighted by atomic mass is 15.1. The zero-order valence-electron chi connectivity index (χ0n) is 12.6. The molecule has 3 unspecified atom stereocenters. The Kier molecular flexibility index (Phi) is 5.86. The summed E-state index contributed by atoms with van der Waals surface area (Å²) in [5.41, 5.74) is 7.21. The SMILES string of the molecule is CCC(C)CC(C)n1cncc1C(CN)C(C)C. The molecule has 1 heterocycles. The second kappa shape index (κ2) is 6.93. The summed E-state index contributed by atoms with van der Waals surface area (Å²) in [6, 6.07) is 0.505. The Morgan fingerprint density at radius 3 is 2.44 bits per heavy atom. The Labute approximate surface area is 112 Å². The lowest BCUT2D eigenvalue weighted by atomic mass is 9.92. The molecule has 104 valence electrons. The average Bonchev–Trinajstić information content (AvgIpc) is 2.78. The zero-order chi connectivity index (χ0) is 13.7. The Hall–Kier alpha value is -0.830. The molecule has 0 aliphatic rings. The summed E-state index contributed by atoms with van der Waals surface area (Å²) in [4.78, 5) is 4.33. The van der Waals surface area contributed by atoms with Gasteiger partial charge in [-0.25, -0.2) is 4.98 Å². The molecule has 0 aliphatic carbocycles. The van der Waals surface area contributed by atoms with Crippen LogP contribution in [-0.2, 0) is 0 Å². The fourth-order valence-corrected chi connectivity index (χ4v) is 2.57. The number of rotatable bonds is 7. The summed E-state index contributed by atoms with van der Waals surface area (Å²) in [7, 11) is 0. The molecular weight excluding hydrogens is 222 g/mol. The lowest BCUT2D eigenvalue weighted by molar-refractivity contribution is 0.375. The van der Waals surface area contributed by atoms with Crippen molar-refractivity contribution in [3.63, 3.8) is 0 Å². The van der Waals surface area contributed by atoms with Gasteiger partial charge in [0.25, 0.3) is 0 Å². The third-order valence-corrected chi connectivity index (χ3v) is 4.05. The molecule has 0 bridgehead atoms. The smallest absolute Gasteiger partial charge is 0.0950 e. The summed E-state index contributed by atoms with van der Waals surface area (Å²) < 4.78 is 2.32. The van der Waals surface area contributed by atoms with E-state index in [1.807, 2.05) is 12.5 Å². The zero-order valence-corrected chi connectivity index (χ0v) is 12.6. The van der Waals surface area contributed by atoms with E-state index < -0.39 is 0 Å². The van der Waals surface area contributed by atoms with Crippen LogP contribution in [0.3, 0.4) is 0 Å². The summed E-state index contributed by atoms with van der Waals surface area (Å²) in [5.74, 6) is 1.72. The maximum absolute atomic E-state index is 5.92. The van der Waals surface area contributed by atoms with Crippen LogP contribution >= 0.6 is 0 Å². The van der Waals surface area contributed by atoms with Crippen molar-refractivity contribution in [1.82, 2.24) is 9.55 Å². The van der Waals surface area contributed by atoms with Crippen LogP contribution in [0, 0.1) is 11.8 Å². The lowest BCUT2D eigenvalue weighted by Gasteiger charge is -2.25. The van der Waals surface area contributed by atoms with E-state index in [-0.39, 0.29) is 0 Å². The van der Waals surface area contributed by atoms with Gasteiger partial charge in [0.05, 0.1) is 6.33 Å². The van der Waals surface area contributed by atoms with E-state index in [1.165, 1.54) is 18.5 Å². The van der Waals surface area contributed by atoms with Gasteiger partial charge in [0, 0.05) is 30.4 Å². The van der Waals surface area contributed by atoms with Gasteiger partial charge in [-0.1, -0.05) is 34.1 Å². The first-order valence-corrected chi connectivity index (χ1v) is 7.22. The summed E-state index contributed by atoms with van der Waals surface area (Å²) in [6.45, 7) is 12.0. The molecule has 0 aliphatic heterocycles. The van der Waals surface area contributed by atoms with Crippen molar-refractivity contribution in [2.45, 2.75) is 59.4 Å². The second-order valence-electron chi connectivity index (χ2n) is 5.91. The Morgan fingerprint density at radius 1 is 1.28 bits per heavy atom. The largest absolute Gasteiger partial charge is 0.331 e. The third kappa shape index (κ3) is 3.58. The Balaban J connectivity index is 2.87. The molecule has 0 fully saturated rings. The molecule has 3 atom stereocenters. The predicted octanol–water partition coefficient (Wildman–Crippen LogP) is 3.58. The van der Waals surface area contributed by atoms with Crippen LogP contribution in [0.4, 0.5) is 0 Å². The number of nitrogens with zero attached hydrogens (tertiary/aromatic N) is 2. The maximum atomic E-state index is 5.92. The first kappa shape index (κ1) is 15.2. The van der Waals surface area contributed by atoms with Crippen LogP contribution in [0.15, 0.2) is 12.5 Å². The highest BCUT2D eigenvalue weighted by molar-refractivity contribution is 5.09. The predicted molar refractivity (Wildman–Crippen MR) is 77.6 cm³/mol. The summed E-state index contributed by atoms with van der Waals surface area (Å²) in [5, 5.41) is 0. The molecule has 0 saturated carbocycles. The topological polar surface area (TPSA) is 43.8 Å². The van der Waals surface area contributed by atoms with Gasteiger partial charge >= 0.3 is 0 Å². The number of nitrogens with two attached hydrogens (primary N) is 1. The molecular formula is C15H29N3. The highest BCUT2D eigenvalue weighted by Gasteiger charge is 2.21. The Bertz CT molecular complexity index is 343. The summed E-state index contributed by atoms with van der Waals surface area (Å²) in [6.07, 6.45) is 6.40. The molecule has 0 spiro atoms. The van der Waals surface area contributed by atoms with E-state index in [0.717, 1.165) is 5.92 Å². The highest BCUT2D eigenvalue weighted by Crippen LogP contribution is 2.28. The van der Waals surface area contributed by atoms with Gasteiger partial charge < -0.3 is 10.3 Å². The Morgan fingerprint density at radius 2 is 1.94 bits per heavy atom. The normalized spacial score (nSPS) is 16.8. The number of hydrogen-bond acceptors (Lipinski definition) is 2. The first-order chi connectivity index (χ1) is 8.51. The van der Waals surface area contributed by atoms with Crippen LogP contribution < -0.4 is 5.73 Å². The molecule has 3 nitrogen and oxygen atoms in total. The minimum Gasteiger partial charge on any atom is -0.331 e. The van der Waals surface area contributed by atoms with Crippen molar-refractivity contribution < 1.29 is 0 Å². The fourth-order valence-electron chi connectivity index (χ4n) is 2.57. The van der Waals surface area contributed by atoms with Crippen LogP contribution in [0.2, 0.25) is 0 Å². The quantitative estimate of drug-likeness (QED) is 0.805. The van der Waals surface area contributed by atoms with Crippen molar-refractivity contribution >= 4 is 0 Å². The monoisotopic (exact) mass is 251 g/mol. The standard InChI is InChI=1S/C15H29N3/c1-6-12(4)7-13(5)18-10-17-9-15(18)14(8-16)11(2)3/h9-14H,6-8,16H2,1-5H3. The minimum atomic E-state index is 0.409. The molecule has 18 heavy (non-hydrogen) atoms. The molecule has 1 aromatic rings. The van der Waals surface area contributed by atoms with E-state index in [4.69, 9.17) is 5.73 Å². The van der Waals surface area contributed by atoms with Gasteiger partial charge in [0.15, 0.2) is 0 Å². The molecule has 2 N–H and O–H groups in total. The van der Waals surface area contributed by atoms with Crippen LogP contribution in [0.5, 0.6) is 0 Å². The number of aromatic nitrogens is 2. The molecule has 1 rings (SSSR count). The molecule has 1 aromatic heterocycles. The van der Waals surface area contributed by atoms with Gasteiger partial charge in [-0.05, 0) is 25.2 Å². The second-order valence-corrected chi connectivity index (χ2v) is 5.91. The van der Waals surface area contributed by atoms with Crippen molar-refractivity contribution in [3.05, 3.63) is 18.2 Å². The lowest BCUT2D eigenvalue weighted by Crippen LogP contribution is -2.22. The van der Waals surface area contributed by atoms with E-state index in [1.54, 1.807) is 0 Å². The van der Waals surface area contributed by atoms with Crippen molar-refractivity contribution in [3.8, 4) is 0 Å². The van der Waals surface area contributed by atoms with Gasteiger partial charge in [-0.3, -0.25) is 0 Å². The molecule has 0 amide bonds. The van der Waals surface area contributed by atoms with Gasteiger partial charge in [0.2, 0.25) is 0 Å². The average molecular weight is 251 g/mol. The molecule has 0 radical (unpaired) electrons. The van der Waals surface area contributed by atoms with Crippen molar-refractivity contribution in [1.29, 1.82) is 0 Å². The van der Waals surface area contributed by atoms with Crippen LogP contribution in [-0.4, -0.2) is 16.1 Å². The summed E-state index contributed by atoms with van der Waals surface area (Å²) >= 11 is 0. The fraction of sp³-hybridized carbons (Fsp3) is 0.800. The van der Waals surface area contributed by atoms with E-state index >= 15 is 0 Å². The third-order valence-electron chi connectivity index (χ3n) is 4.05. The number of imidazole rings is 1. The van der Waals surface area contributed by atoms with E-state index in [2.05, 4.69) is 44.2 Å². The minimum absolute atomic E-state index is 0.409. The van der Waals surface area contributed by atoms with Crippen molar-refractivity contribution in [2.24, 2.45) is 17.6 Å². The van der Waals surface area contributed by atoms with Crippen LogP contribution in [0.25, 0.3) is 0 Å². The molecule has 0 saturated heterocycles. The van der Waals surface area contributed by atoms with Gasteiger partial charge in [0.1, 0.15) is 0 Å². The first-order valence-electron chi connectivity index (χ1n) is 7.22. The van der Waals surface area contributed by atoms with Gasteiger partial charge in [-0.2, -0.15) is 0 Å².